The molecule has 5 saturated heterocycles. The molecule has 0 saturated carbocycles. The van der Waals surface area contributed by atoms with Crippen LogP contribution in [0.2, 0.25) is 0 Å². The second-order valence-electron chi connectivity index (χ2n) is 16.3. The SMILES string of the molecule is CCC1CC(=S)N(C)C1=O.CCN1CC(=O)N(C)C1=O.CCN1CC(=O)N(C)C1=S.CCN1CC(=S)N(C)C1=S.CN1CC(=O)N(C)C1=O.Cc1cc(=O)c(O)co1.Cc1co[nH]c1=O.Cc1cocc(O)c1=O. The van der Waals surface area contributed by atoms with Crippen LogP contribution in [0.25, 0.3) is 0 Å². The van der Waals surface area contributed by atoms with Gasteiger partial charge in [0.15, 0.2) is 21.7 Å². The number of aryl methyl sites for hydroxylation is 3. The molecule has 0 aliphatic carbocycles. The second kappa shape index (κ2) is 31.0. The van der Waals surface area contributed by atoms with E-state index in [-0.39, 0.29) is 77.2 Å². The summed E-state index contributed by atoms with van der Waals surface area (Å²) >= 11 is 20.1. The summed E-state index contributed by atoms with van der Waals surface area (Å²) in [6.45, 7) is 16.9. The topological polar surface area (TPSA) is 278 Å². The van der Waals surface area contributed by atoms with Crippen molar-refractivity contribution in [1.82, 2.24) is 49.3 Å². The maximum atomic E-state index is 11.2. The molecule has 5 aliphatic rings. The van der Waals surface area contributed by atoms with Crippen molar-refractivity contribution < 1.29 is 52.3 Å². The summed E-state index contributed by atoms with van der Waals surface area (Å²) in [6, 6.07) is 0.822. The van der Waals surface area contributed by atoms with E-state index < -0.39 is 5.43 Å². The number of aromatic amines is 1. The lowest BCUT2D eigenvalue weighted by molar-refractivity contribution is -0.128. The van der Waals surface area contributed by atoms with E-state index in [1.165, 1.54) is 47.4 Å². The van der Waals surface area contributed by atoms with Crippen molar-refractivity contribution in [2.24, 2.45) is 5.92 Å². The number of likely N-dealkylation sites (tertiary alicyclic amines) is 1. The van der Waals surface area contributed by atoms with Gasteiger partial charge in [-0.2, -0.15) is 5.16 Å². The minimum absolute atomic E-state index is 0.0897. The number of amides is 8. The van der Waals surface area contributed by atoms with Crippen LogP contribution in [0.1, 0.15) is 57.4 Å². The Morgan fingerprint density at radius 2 is 1.09 bits per heavy atom. The van der Waals surface area contributed by atoms with Gasteiger partial charge in [-0.15, -0.1) is 0 Å². The van der Waals surface area contributed by atoms with E-state index in [0.29, 0.717) is 35.1 Å². The van der Waals surface area contributed by atoms with E-state index in [1.807, 2.05) is 37.6 Å². The van der Waals surface area contributed by atoms with Crippen LogP contribution in [0.3, 0.4) is 0 Å². The van der Waals surface area contributed by atoms with Gasteiger partial charge in [-0.1, -0.05) is 31.4 Å². The molecular weight excluding hydrogens is 1040 g/mol. The molecule has 1 atom stereocenters. The summed E-state index contributed by atoms with van der Waals surface area (Å²) in [5.74, 6) is -0.000370. The molecule has 3 N–H and O–H groups in total. The second-order valence-corrected chi connectivity index (χ2v) is 18.0. The molecule has 8 heterocycles. The summed E-state index contributed by atoms with van der Waals surface area (Å²) < 4.78 is 13.7. The van der Waals surface area contributed by atoms with E-state index >= 15 is 0 Å². The Kier molecular flexibility index (Phi) is 27.2. The number of carbonyl (C=O) groups excluding carboxylic acids is 6. The normalized spacial score (nSPS) is 16.8. The summed E-state index contributed by atoms with van der Waals surface area (Å²) in [5.41, 5.74) is 0.0926. The van der Waals surface area contributed by atoms with Gasteiger partial charge >= 0.3 is 12.1 Å². The van der Waals surface area contributed by atoms with Crippen LogP contribution < -0.4 is 16.4 Å². The highest BCUT2D eigenvalue weighted by atomic mass is 32.1. The lowest BCUT2D eigenvalue weighted by Crippen LogP contribution is -2.29. The molecule has 74 heavy (non-hydrogen) atoms. The smallest absolute Gasteiger partial charge is 0.326 e. The monoisotopic (exact) mass is 1110 g/mol. The Morgan fingerprint density at radius 3 is 1.34 bits per heavy atom. The molecule has 28 heteroatoms. The molecule has 0 spiro atoms. The Balaban J connectivity index is 0.000000424. The van der Waals surface area contributed by atoms with E-state index in [4.69, 9.17) is 59.1 Å². The number of nitrogens with one attached hydrogen (secondary N) is 1. The molecular formula is C46H66N10O14S4. The highest BCUT2D eigenvalue weighted by molar-refractivity contribution is 7.82. The maximum absolute atomic E-state index is 11.2. The minimum Gasteiger partial charge on any atom is -0.502 e. The number of hydrogen-bond donors (Lipinski definition) is 3. The molecule has 8 rings (SSSR count). The number of H-pyrrole nitrogens is 1. The van der Waals surface area contributed by atoms with Crippen molar-refractivity contribution in [2.45, 2.75) is 61.3 Å². The van der Waals surface area contributed by atoms with Gasteiger partial charge in [-0.3, -0.25) is 48.3 Å². The molecule has 0 bridgehead atoms. The zero-order chi connectivity index (χ0) is 56.9. The number of hydrogen-bond acceptors (Lipinski definition) is 18. The Hall–Kier alpha value is -6.91. The largest absolute Gasteiger partial charge is 0.502 e. The Morgan fingerprint density at radius 1 is 0.581 bits per heavy atom. The molecule has 24 nitrogen and oxygen atoms in total. The molecule has 5 fully saturated rings. The number of carbonyl (C=O) groups is 6. The number of rotatable bonds is 4. The Labute approximate surface area is 449 Å². The first-order chi connectivity index (χ1) is 34.5. The first-order valence-electron chi connectivity index (χ1n) is 22.7. The van der Waals surface area contributed by atoms with Crippen molar-refractivity contribution in [2.75, 3.05) is 88.1 Å². The average Bonchev–Trinajstić information content (AvgIpc) is 4.15. The molecule has 8 amide bonds. The minimum atomic E-state index is -0.404. The fourth-order valence-electron chi connectivity index (χ4n) is 5.91. The van der Waals surface area contributed by atoms with Gasteiger partial charge in [-0.05, 0) is 72.4 Å². The van der Waals surface area contributed by atoms with Crippen LogP contribution >= 0.6 is 48.9 Å². The van der Waals surface area contributed by atoms with Crippen LogP contribution in [-0.2, 0) is 19.2 Å². The van der Waals surface area contributed by atoms with Gasteiger partial charge in [0.05, 0.1) is 29.9 Å². The standard InChI is InChI=1S/C7H11NOS.C6H10N2O2.C6H10N2OS.C6H10N2S2.2C6H6O3.C5H8N2O2.C4H5NO2/c1-3-5-4-6(10)8(2)7(5)9;3*1-3-8-4-5(9)7(2)6(8)10;1-4-2-9-3-5(7)6(4)8;1-4-2-5(7)6(8)3-9-4;1-6-3-4(8)7(2)5(6)9;1-3-2-7-5-4(3)6/h5H,3-4H2,1-2H3;3*3-4H2,1-2H3;2-3,7H,1H3;2-3,8H,1H3;3H2,1-2H3;2H,1H3,(H,5,6). The quantitative estimate of drug-likeness (QED) is 0.250. The van der Waals surface area contributed by atoms with Crippen molar-refractivity contribution >= 4 is 105 Å². The zero-order valence-corrected chi connectivity index (χ0v) is 47.0. The van der Waals surface area contributed by atoms with Crippen LogP contribution in [0.5, 0.6) is 11.5 Å². The molecule has 0 radical (unpaired) electrons. The van der Waals surface area contributed by atoms with Crippen LogP contribution in [0.15, 0.2) is 58.9 Å². The Bertz CT molecular complexity index is 2500. The first-order valence-corrected chi connectivity index (χ1v) is 24.3. The molecule has 3 aromatic heterocycles. The van der Waals surface area contributed by atoms with Crippen LogP contribution in [0.4, 0.5) is 9.59 Å². The van der Waals surface area contributed by atoms with Crippen molar-refractivity contribution in [3.63, 3.8) is 0 Å². The van der Waals surface area contributed by atoms with E-state index in [0.717, 1.165) is 69.9 Å². The first kappa shape index (κ1) is 65.1. The van der Waals surface area contributed by atoms with Gasteiger partial charge in [0.1, 0.15) is 42.6 Å². The van der Waals surface area contributed by atoms with Gasteiger partial charge in [0, 0.05) is 85.9 Å². The summed E-state index contributed by atoms with van der Waals surface area (Å²) in [7, 11) is 9.96. The maximum Gasteiger partial charge on any atom is 0.326 e. The summed E-state index contributed by atoms with van der Waals surface area (Å²) in [4.78, 5) is 113. The highest BCUT2D eigenvalue weighted by Gasteiger charge is 2.33. The lowest BCUT2D eigenvalue weighted by Gasteiger charge is -2.14. The van der Waals surface area contributed by atoms with Crippen molar-refractivity contribution in [3.05, 3.63) is 78.8 Å². The van der Waals surface area contributed by atoms with Crippen LogP contribution in [0, 0.1) is 26.7 Å². The molecule has 1 unspecified atom stereocenters. The van der Waals surface area contributed by atoms with Gasteiger partial charge in [-0.25, -0.2) is 9.59 Å². The molecule has 5 aliphatic heterocycles. The number of aromatic nitrogens is 1. The lowest BCUT2D eigenvalue weighted by atomic mass is 10.1. The predicted octanol–water partition coefficient (Wildman–Crippen LogP) is 3.13. The van der Waals surface area contributed by atoms with E-state index in [9.17, 15) is 43.2 Å². The van der Waals surface area contributed by atoms with E-state index in [1.54, 1.807) is 46.8 Å². The fraction of sp³-hybridized carbons (Fsp3) is 0.500. The number of urea groups is 2. The van der Waals surface area contributed by atoms with Gasteiger partial charge in [0.2, 0.25) is 34.5 Å². The van der Waals surface area contributed by atoms with E-state index in [2.05, 4.69) is 30.3 Å². The fourth-order valence-corrected chi connectivity index (χ4v) is 7.10. The van der Waals surface area contributed by atoms with Gasteiger partial charge < -0.3 is 53.0 Å². The number of imide groups is 2. The summed E-state index contributed by atoms with van der Waals surface area (Å²) in [6.07, 6.45) is 6.39. The van der Waals surface area contributed by atoms with Crippen molar-refractivity contribution in [3.8, 4) is 11.5 Å². The third-order valence-electron chi connectivity index (χ3n) is 10.9. The summed E-state index contributed by atoms with van der Waals surface area (Å²) in [5, 5.41) is 21.0. The van der Waals surface area contributed by atoms with Crippen LogP contribution in [-0.4, -0.2) is 203 Å². The molecule has 0 aromatic carbocycles. The zero-order valence-electron chi connectivity index (χ0n) is 43.8. The van der Waals surface area contributed by atoms with Gasteiger partial charge in [0.25, 0.3) is 5.56 Å². The molecule has 3 aromatic rings. The number of likely N-dealkylation sites (N-methyl/N-ethyl adjacent to an activating group) is 8. The number of thiocarbonyl (C=S) groups is 4. The van der Waals surface area contributed by atoms with Crippen molar-refractivity contribution in [1.29, 1.82) is 0 Å². The molecule has 408 valence electrons. The number of nitrogens with zero attached hydrogens (tertiary/aromatic N) is 9. The predicted molar refractivity (Wildman–Crippen MR) is 290 cm³/mol. The highest BCUT2D eigenvalue weighted by Crippen LogP contribution is 2.21. The third-order valence-corrected chi connectivity index (χ3v) is 12.9. The third kappa shape index (κ3) is 19.2. The average molecular weight is 1110 g/mol. The number of aromatic hydroxyl groups is 2.